The van der Waals surface area contributed by atoms with Gasteiger partial charge < -0.3 is 20.4 Å². The zero-order valence-corrected chi connectivity index (χ0v) is 22.3. The molecule has 0 aliphatic heterocycles. The van der Waals surface area contributed by atoms with Crippen LogP contribution in [0, 0.1) is 46.3 Å². The molecule has 0 aromatic carbocycles. The molecule has 5 nitrogen and oxygen atoms in total. The van der Waals surface area contributed by atoms with Crippen LogP contribution < -0.4 is 0 Å². The lowest BCUT2D eigenvalue weighted by Gasteiger charge is -2.61. The minimum Gasteiger partial charge on any atom is -0.390 e. The monoisotopic (exact) mass is 576 g/mol. The Bertz CT molecular complexity index is 926. The van der Waals surface area contributed by atoms with Gasteiger partial charge in [0.2, 0.25) is 0 Å². The fraction of sp³-hybridized carbons (Fsp3) is 0.963. The van der Waals surface area contributed by atoms with Crippen molar-refractivity contribution in [2.24, 2.45) is 46.3 Å². The fourth-order valence-corrected chi connectivity index (χ4v) is 9.37. The average Bonchev–Trinajstić information content (AvgIpc) is 3.15. The topological polar surface area (TPSA) is 98.0 Å². The molecule has 4 saturated carbocycles. The molecule has 0 saturated heterocycles. The van der Waals surface area contributed by atoms with E-state index >= 15 is 0 Å². The van der Waals surface area contributed by atoms with E-state index in [0.717, 1.165) is 0 Å². The summed E-state index contributed by atoms with van der Waals surface area (Å²) in [5.74, 6) is -1.60. The first-order valence-corrected chi connectivity index (χ1v) is 13.8. The Morgan fingerprint density at radius 3 is 2.03 bits per heavy atom. The van der Waals surface area contributed by atoms with Gasteiger partial charge in [-0.1, -0.05) is 20.8 Å². The molecule has 12 unspecified atom stereocenters. The van der Waals surface area contributed by atoms with Crippen molar-refractivity contribution in [1.82, 2.24) is 0 Å². The maximum absolute atomic E-state index is 14.3. The number of aliphatic hydroxyl groups is 4. The summed E-state index contributed by atoms with van der Waals surface area (Å²) < 4.78 is 92.5. The number of aliphatic hydroxyl groups excluding tert-OH is 4. The highest BCUT2D eigenvalue weighted by Gasteiger charge is 2.73. The Morgan fingerprint density at radius 1 is 0.897 bits per heavy atom. The van der Waals surface area contributed by atoms with Crippen LogP contribution in [0.1, 0.15) is 72.1 Å². The summed E-state index contributed by atoms with van der Waals surface area (Å²) in [6, 6.07) is 0. The maximum atomic E-state index is 14.3. The highest BCUT2D eigenvalue weighted by Crippen LogP contribution is 2.68. The molecule has 4 rings (SSSR count). The summed E-state index contributed by atoms with van der Waals surface area (Å²) in [6.45, 7) is 5.41. The SMILES string of the molecule is CC(C(O)C(O)CC(F)(C(F)(F)F)C(F)(F)F)C1CCC2C3CC(=O)C4CC(O)C(O)CC4(C)C3CCC12C. The van der Waals surface area contributed by atoms with E-state index in [4.69, 9.17) is 0 Å². The number of ketones is 1. The number of carbonyl (C=O) groups is 1. The molecule has 0 spiro atoms. The van der Waals surface area contributed by atoms with E-state index in [1.165, 1.54) is 6.92 Å². The lowest BCUT2D eigenvalue weighted by atomic mass is 9.44. The van der Waals surface area contributed by atoms with Gasteiger partial charge in [0.05, 0.1) is 24.4 Å². The van der Waals surface area contributed by atoms with Crippen molar-refractivity contribution in [2.75, 3.05) is 0 Å². The van der Waals surface area contributed by atoms with Gasteiger partial charge in [-0.3, -0.25) is 4.79 Å². The van der Waals surface area contributed by atoms with E-state index in [0.29, 0.717) is 38.5 Å². The molecule has 4 fully saturated rings. The van der Waals surface area contributed by atoms with Crippen LogP contribution in [0.2, 0.25) is 0 Å². The molecule has 4 aliphatic carbocycles. The molecule has 39 heavy (non-hydrogen) atoms. The summed E-state index contributed by atoms with van der Waals surface area (Å²) >= 11 is 0. The van der Waals surface area contributed by atoms with Gasteiger partial charge in [0.25, 0.3) is 0 Å². The third-order valence-electron chi connectivity index (χ3n) is 11.5. The quantitative estimate of drug-likeness (QED) is 0.355. The van der Waals surface area contributed by atoms with Gasteiger partial charge in [0.15, 0.2) is 0 Å². The Hall–Kier alpha value is -0.980. The number of alkyl halides is 7. The van der Waals surface area contributed by atoms with Crippen LogP contribution in [0.4, 0.5) is 30.7 Å². The number of fused-ring (bicyclic) bond motifs is 5. The third kappa shape index (κ3) is 4.73. The molecule has 4 N–H and O–H groups in total. The van der Waals surface area contributed by atoms with Crippen LogP contribution in [0.15, 0.2) is 0 Å². The number of Topliss-reactive ketones (excluding diaryl/α,β-unsaturated/α-hetero) is 1. The van der Waals surface area contributed by atoms with Gasteiger partial charge in [0, 0.05) is 18.8 Å². The number of hydrogen-bond acceptors (Lipinski definition) is 5. The van der Waals surface area contributed by atoms with Gasteiger partial charge in [-0.2, -0.15) is 26.3 Å². The summed E-state index contributed by atoms with van der Waals surface area (Å²) in [6.07, 6.45) is -18.3. The van der Waals surface area contributed by atoms with Crippen molar-refractivity contribution in [2.45, 2.75) is 115 Å². The summed E-state index contributed by atoms with van der Waals surface area (Å²) in [7, 11) is 0. The van der Waals surface area contributed by atoms with Crippen molar-refractivity contribution < 1.29 is 56.0 Å². The molecular weight excluding hydrogens is 537 g/mol. The molecule has 12 heteroatoms. The van der Waals surface area contributed by atoms with Gasteiger partial charge in [-0.05, 0) is 78.9 Å². The smallest absolute Gasteiger partial charge is 0.390 e. The number of carbonyl (C=O) groups excluding carboxylic acids is 1. The van der Waals surface area contributed by atoms with Crippen molar-refractivity contribution in [3.05, 3.63) is 0 Å². The Kier molecular flexibility index (Phi) is 7.78. The second-order valence-corrected chi connectivity index (χ2v) is 13.3. The van der Waals surface area contributed by atoms with E-state index < -0.39 is 65.6 Å². The molecule has 12 atom stereocenters. The van der Waals surface area contributed by atoms with E-state index in [1.54, 1.807) is 0 Å². The molecule has 0 bridgehead atoms. The normalized spacial score (nSPS) is 43.7. The summed E-state index contributed by atoms with van der Waals surface area (Å²) in [4.78, 5) is 13.3. The second kappa shape index (κ2) is 9.80. The first-order chi connectivity index (χ1) is 17.7. The third-order valence-corrected chi connectivity index (χ3v) is 11.5. The van der Waals surface area contributed by atoms with Crippen molar-refractivity contribution in [3.8, 4) is 0 Å². The van der Waals surface area contributed by atoms with Crippen LogP contribution >= 0.6 is 0 Å². The molecule has 0 heterocycles. The highest BCUT2D eigenvalue weighted by atomic mass is 19.4. The second-order valence-electron chi connectivity index (χ2n) is 13.3. The Morgan fingerprint density at radius 2 is 1.46 bits per heavy atom. The largest absolute Gasteiger partial charge is 0.431 e. The molecule has 226 valence electrons. The minimum atomic E-state index is -6.32. The van der Waals surface area contributed by atoms with Crippen molar-refractivity contribution in [1.29, 1.82) is 0 Å². The lowest BCUT2D eigenvalue weighted by molar-refractivity contribution is -0.349. The van der Waals surface area contributed by atoms with E-state index in [1.807, 2.05) is 13.8 Å². The first-order valence-electron chi connectivity index (χ1n) is 13.8. The molecule has 0 amide bonds. The fourth-order valence-electron chi connectivity index (χ4n) is 9.37. The standard InChI is InChI=1S/C27H39F7O5/c1-12(22(39)21(38)11-25(28,26(29,30)31)27(32,33)34)14-4-5-15-13-8-18(35)17-9-19(36)20(37)10-24(17,3)16(13)6-7-23(14,15)2/h12-17,19-22,36-39H,4-11H2,1-3H3. The predicted molar refractivity (Wildman–Crippen MR) is 125 cm³/mol. The van der Waals surface area contributed by atoms with Crippen LogP contribution in [0.5, 0.6) is 0 Å². The van der Waals surface area contributed by atoms with Crippen molar-refractivity contribution in [3.63, 3.8) is 0 Å². The van der Waals surface area contributed by atoms with E-state index in [2.05, 4.69) is 0 Å². The lowest BCUT2D eigenvalue weighted by Crippen LogP contribution is -2.60. The maximum Gasteiger partial charge on any atom is 0.431 e. The minimum absolute atomic E-state index is 0.00984. The molecular formula is C27H39F7O5. The Balaban J connectivity index is 1.53. The average molecular weight is 577 g/mol. The summed E-state index contributed by atoms with van der Waals surface area (Å²) in [5.41, 5.74) is -6.66. The van der Waals surface area contributed by atoms with Crippen molar-refractivity contribution >= 4 is 5.78 Å². The molecule has 0 radical (unpaired) electrons. The zero-order chi connectivity index (χ0) is 29.5. The van der Waals surface area contributed by atoms with Gasteiger partial charge in [0.1, 0.15) is 5.78 Å². The first kappa shape index (κ1) is 31.0. The van der Waals surface area contributed by atoms with Gasteiger partial charge >= 0.3 is 18.0 Å². The number of halogens is 7. The van der Waals surface area contributed by atoms with Gasteiger partial charge in [-0.15, -0.1) is 0 Å². The molecule has 0 aromatic rings. The highest BCUT2D eigenvalue weighted by molar-refractivity contribution is 5.83. The molecule has 0 aromatic heterocycles. The van der Waals surface area contributed by atoms with Crippen LogP contribution in [-0.2, 0) is 4.79 Å². The zero-order valence-electron chi connectivity index (χ0n) is 22.3. The number of hydrogen-bond donors (Lipinski definition) is 4. The van der Waals surface area contributed by atoms with Gasteiger partial charge in [-0.25, -0.2) is 4.39 Å². The van der Waals surface area contributed by atoms with E-state index in [-0.39, 0.29) is 41.8 Å². The Labute approximate surface area is 223 Å². The predicted octanol–water partition coefficient (Wildman–Crippen LogP) is 4.74. The van der Waals surface area contributed by atoms with Crippen LogP contribution in [0.25, 0.3) is 0 Å². The van der Waals surface area contributed by atoms with Crippen LogP contribution in [-0.4, -0.2) is 68.6 Å². The molecule has 4 aliphatic rings. The van der Waals surface area contributed by atoms with E-state index in [9.17, 15) is 56.0 Å². The summed E-state index contributed by atoms with van der Waals surface area (Å²) in [5, 5.41) is 41.6. The van der Waals surface area contributed by atoms with Crippen LogP contribution in [0.3, 0.4) is 0 Å². The number of rotatable bonds is 5.